The van der Waals surface area contributed by atoms with Crippen LogP contribution in [0.25, 0.3) is 0 Å². The zero-order valence-electron chi connectivity index (χ0n) is 11.6. The molecule has 2 N–H and O–H groups in total. The van der Waals surface area contributed by atoms with E-state index >= 15 is 0 Å². The highest BCUT2D eigenvalue weighted by Crippen LogP contribution is 2.18. The molecule has 5 nitrogen and oxygen atoms in total. The molecule has 0 atom stereocenters. The summed E-state index contributed by atoms with van der Waals surface area (Å²) in [6.45, 7) is 6.48. The first-order valence-corrected chi connectivity index (χ1v) is 6.24. The molecule has 0 aromatic heterocycles. The zero-order valence-corrected chi connectivity index (χ0v) is 11.6. The number of nitrogens with one attached hydrogen (secondary N) is 1. The van der Waals surface area contributed by atoms with Crippen LogP contribution in [-0.4, -0.2) is 36.6 Å². The molecule has 1 aromatic carbocycles. The normalized spacial score (nSPS) is 10.1. The number of rotatable bonds is 6. The number of carbonyl (C=O) groups is 2. The van der Waals surface area contributed by atoms with Crippen LogP contribution >= 0.6 is 0 Å². The molecule has 0 saturated heterocycles. The minimum Gasteiger partial charge on any atom is -0.480 e. The van der Waals surface area contributed by atoms with Gasteiger partial charge < -0.3 is 15.3 Å². The summed E-state index contributed by atoms with van der Waals surface area (Å²) in [5.41, 5.74) is 3.25. The maximum Gasteiger partial charge on any atom is 0.322 e. The van der Waals surface area contributed by atoms with Crippen LogP contribution in [0.15, 0.2) is 18.2 Å². The van der Waals surface area contributed by atoms with Crippen LogP contribution in [0.3, 0.4) is 0 Å². The molecule has 1 rings (SSSR count). The van der Waals surface area contributed by atoms with Gasteiger partial charge in [0.25, 0.3) is 0 Å². The van der Waals surface area contributed by atoms with Crippen molar-refractivity contribution >= 4 is 17.6 Å². The summed E-state index contributed by atoms with van der Waals surface area (Å²) in [5, 5.41) is 10.9. The van der Waals surface area contributed by atoms with E-state index in [1.807, 2.05) is 37.8 Å². The lowest BCUT2D eigenvalue weighted by atomic mass is 10.1. The molecule has 0 spiro atoms. The minimum absolute atomic E-state index is 0.159. The number of hydrogen-bond acceptors (Lipinski definition) is 3. The van der Waals surface area contributed by atoms with E-state index in [1.54, 1.807) is 0 Å². The number of aryl methyl sites for hydroxylation is 2. The number of likely N-dealkylation sites (N-methyl/N-ethyl adjacent to an activating group) is 1. The summed E-state index contributed by atoms with van der Waals surface area (Å²) in [4.78, 5) is 23.9. The molecule has 0 unspecified atom stereocenters. The number of amides is 1. The first-order chi connectivity index (χ1) is 8.92. The SMILES string of the molecule is CCN(CC(=O)NCC(=O)O)c1cc(C)cc(C)c1. The standard InChI is InChI=1S/C14H20N2O3/c1-4-16(9-13(17)15-8-14(18)19)12-6-10(2)5-11(3)7-12/h5-7H,4,8-9H2,1-3H3,(H,15,17)(H,18,19). The van der Waals surface area contributed by atoms with Crippen LogP contribution < -0.4 is 10.2 Å². The Balaban J connectivity index is 2.72. The number of nitrogens with zero attached hydrogens (tertiary/aromatic N) is 1. The van der Waals surface area contributed by atoms with E-state index in [0.29, 0.717) is 6.54 Å². The summed E-state index contributed by atoms with van der Waals surface area (Å²) in [6.07, 6.45) is 0. The Morgan fingerprint density at radius 3 is 2.26 bits per heavy atom. The van der Waals surface area contributed by atoms with E-state index in [4.69, 9.17) is 5.11 Å². The molecule has 19 heavy (non-hydrogen) atoms. The highest BCUT2D eigenvalue weighted by molar-refractivity contribution is 5.84. The fourth-order valence-corrected chi connectivity index (χ4v) is 1.92. The lowest BCUT2D eigenvalue weighted by Crippen LogP contribution is -2.39. The van der Waals surface area contributed by atoms with Crippen molar-refractivity contribution in [2.45, 2.75) is 20.8 Å². The second kappa shape index (κ2) is 6.78. The summed E-state index contributed by atoms with van der Waals surface area (Å²) in [7, 11) is 0. The van der Waals surface area contributed by atoms with Crippen LogP contribution in [0, 0.1) is 13.8 Å². The fraction of sp³-hybridized carbons (Fsp3) is 0.429. The van der Waals surface area contributed by atoms with Crippen LogP contribution in [0.4, 0.5) is 5.69 Å². The molecule has 104 valence electrons. The Labute approximate surface area is 113 Å². The Bertz CT molecular complexity index is 452. The number of benzene rings is 1. The van der Waals surface area contributed by atoms with Crippen molar-refractivity contribution in [3.8, 4) is 0 Å². The molecular formula is C14H20N2O3. The monoisotopic (exact) mass is 264 g/mol. The van der Waals surface area contributed by atoms with Gasteiger partial charge in [0.15, 0.2) is 0 Å². The van der Waals surface area contributed by atoms with Crippen molar-refractivity contribution in [1.29, 1.82) is 0 Å². The van der Waals surface area contributed by atoms with Crippen molar-refractivity contribution in [1.82, 2.24) is 5.32 Å². The number of carbonyl (C=O) groups excluding carboxylic acids is 1. The van der Waals surface area contributed by atoms with Gasteiger partial charge in [0.05, 0.1) is 6.54 Å². The van der Waals surface area contributed by atoms with Gasteiger partial charge in [-0.05, 0) is 44.0 Å². The molecule has 1 amide bonds. The molecule has 0 fully saturated rings. The van der Waals surface area contributed by atoms with Crippen molar-refractivity contribution in [2.24, 2.45) is 0 Å². The van der Waals surface area contributed by atoms with Crippen molar-refractivity contribution in [3.05, 3.63) is 29.3 Å². The Hall–Kier alpha value is -2.04. The predicted octanol–water partition coefficient (Wildman–Crippen LogP) is 1.33. The molecule has 0 aliphatic carbocycles. The van der Waals surface area contributed by atoms with Gasteiger partial charge in [-0.25, -0.2) is 0 Å². The third kappa shape index (κ3) is 4.99. The minimum atomic E-state index is -1.04. The number of aliphatic carboxylic acids is 1. The molecule has 0 aliphatic rings. The van der Waals surface area contributed by atoms with Gasteiger partial charge >= 0.3 is 5.97 Å². The van der Waals surface area contributed by atoms with E-state index in [1.165, 1.54) is 0 Å². The molecule has 0 radical (unpaired) electrons. The third-order valence-corrected chi connectivity index (χ3v) is 2.72. The van der Waals surface area contributed by atoms with Crippen LogP contribution in [-0.2, 0) is 9.59 Å². The second-order valence-corrected chi connectivity index (χ2v) is 4.53. The molecule has 1 aromatic rings. The van der Waals surface area contributed by atoms with E-state index < -0.39 is 5.97 Å². The van der Waals surface area contributed by atoms with Gasteiger partial charge in [-0.2, -0.15) is 0 Å². The van der Waals surface area contributed by atoms with Crippen LogP contribution in [0.5, 0.6) is 0 Å². The molecule has 0 bridgehead atoms. The van der Waals surface area contributed by atoms with Crippen molar-refractivity contribution < 1.29 is 14.7 Å². The Morgan fingerprint density at radius 2 is 1.79 bits per heavy atom. The summed E-state index contributed by atoms with van der Waals surface area (Å²) >= 11 is 0. The number of anilines is 1. The maximum absolute atomic E-state index is 11.6. The third-order valence-electron chi connectivity index (χ3n) is 2.72. The maximum atomic E-state index is 11.6. The molecular weight excluding hydrogens is 244 g/mol. The van der Waals surface area contributed by atoms with Crippen LogP contribution in [0.1, 0.15) is 18.1 Å². The van der Waals surface area contributed by atoms with Crippen LogP contribution in [0.2, 0.25) is 0 Å². The topological polar surface area (TPSA) is 69.6 Å². The zero-order chi connectivity index (χ0) is 14.4. The molecule has 0 aliphatic heterocycles. The van der Waals surface area contributed by atoms with Crippen molar-refractivity contribution in [3.63, 3.8) is 0 Å². The van der Waals surface area contributed by atoms with Gasteiger partial charge in [0.1, 0.15) is 6.54 Å². The quantitative estimate of drug-likeness (QED) is 0.813. The van der Waals surface area contributed by atoms with Gasteiger partial charge in [-0.15, -0.1) is 0 Å². The van der Waals surface area contributed by atoms with Gasteiger partial charge in [0.2, 0.25) is 5.91 Å². The lowest BCUT2D eigenvalue weighted by Gasteiger charge is -2.23. The van der Waals surface area contributed by atoms with E-state index in [2.05, 4.69) is 11.4 Å². The second-order valence-electron chi connectivity index (χ2n) is 4.53. The van der Waals surface area contributed by atoms with Crippen molar-refractivity contribution in [2.75, 3.05) is 24.5 Å². The predicted molar refractivity (Wildman–Crippen MR) is 74.4 cm³/mol. The summed E-state index contributed by atoms with van der Waals surface area (Å²) in [6, 6.07) is 6.10. The van der Waals surface area contributed by atoms with Gasteiger partial charge in [-0.3, -0.25) is 9.59 Å². The lowest BCUT2D eigenvalue weighted by molar-refractivity contribution is -0.137. The highest BCUT2D eigenvalue weighted by Gasteiger charge is 2.11. The smallest absolute Gasteiger partial charge is 0.322 e. The first-order valence-electron chi connectivity index (χ1n) is 6.24. The highest BCUT2D eigenvalue weighted by atomic mass is 16.4. The summed E-state index contributed by atoms with van der Waals surface area (Å²) < 4.78 is 0. The average Bonchev–Trinajstić information content (AvgIpc) is 2.32. The summed E-state index contributed by atoms with van der Waals surface area (Å²) in [5.74, 6) is -1.33. The van der Waals surface area contributed by atoms with E-state index in [-0.39, 0.29) is 19.0 Å². The Morgan fingerprint density at radius 1 is 1.21 bits per heavy atom. The fourth-order valence-electron chi connectivity index (χ4n) is 1.92. The van der Waals surface area contributed by atoms with E-state index in [9.17, 15) is 9.59 Å². The number of hydrogen-bond donors (Lipinski definition) is 2. The average molecular weight is 264 g/mol. The first kappa shape index (κ1) is 15.0. The molecule has 0 saturated carbocycles. The van der Waals surface area contributed by atoms with Gasteiger partial charge in [-0.1, -0.05) is 6.07 Å². The molecule has 5 heteroatoms. The number of carboxylic acid groups (broad SMARTS) is 1. The Kier molecular flexibility index (Phi) is 5.36. The number of carboxylic acids is 1. The van der Waals surface area contributed by atoms with E-state index in [0.717, 1.165) is 16.8 Å². The molecule has 0 heterocycles. The van der Waals surface area contributed by atoms with Gasteiger partial charge in [0, 0.05) is 12.2 Å². The largest absolute Gasteiger partial charge is 0.480 e.